The molecule has 4 rings (SSSR count). The van der Waals surface area contributed by atoms with Crippen LogP contribution in [0, 0.1) is 6.92 Å². The van der Waals surface area contributed by atoms with Crippen LogP contribution in [0.5, 0.6) is 5.75 Å². The number of aromatic amines is 1. The zero-order valence-electron chi connectivity index (χ0n) is 19.3. The summed E-state index contributed by atoms with van der Waals surface area (Å²) in [5.41, 5.74) is 2.55. The minimum Gasteiger partial charge on any atom is -0.497 e. The number of ether oxygens (including phenoxy) is 1. The number of hydrogen-bond donors (Lipinski definition) is 3. The Balaban J connectivity index is 1.59. The fourth-order valence-electron chi connectivity index (χ4n) is 3.29. The molecule has 0 amide bonds. The number of sulfonamides is 1. The average Bonchev–Trinajstić information content (AvgIpc) is 3.20. The van der Waals surface area contributed by atoms with Gasteiger partial charge in [0.25, 0.3) is 10.0 Å². The number of aryl methyl sites for hydroxylation is 1. The molecule has 12 heteroatoms. The third-order valence-corrected chi connectivity index (χ3v) is 6.34. The molecule has 3 N–H and O–H groups in total. The molecule has 0 aliphatic rings. The lowest BCUT2D eigenvalue weighted by Crippen LogP contribution is -2.21. The zero-order valence-corrected chi connectivity index (χ0v) is 20.1. The molecule has 0 atom stereocenters. The first-order valence-electron chi connectivity index (χ1n) is 10.5. The van der Waals surface area contributed by atoms with Crippen LogP contribution in [0.1, 0.15) is 5.69 Å². The van der Waals surface area contributed by atoms with Crippen molar-refractivity contribution in [3.8, 4) is 17.1 Å². The molecule has 3 heterocycles. The number of anilines is 2. The number of nitrogens with zero attached hydrogens (tertiary/aromatic N) is 5. The largest absolute Gasteiger partial charge is 0.497 e. The summed E-state index contributed by atoms with van der Waals surface area (Å²) in [4.78, 5) is 15.3. The Bertz CT molecular complexity index is 1400. The second kappa shape index (κ2) is 9.61. The number of aromatic nitrogens is 5. The van der Waals surface area contributed by atoms with E-state index in [2.05, 4.69) is 35.1 Å². The molecule has 0 saturated carbocycles. The highest BCUT2D eigenvalue weighted by Crippen LogP contribution is 2.27. The van der Waals surface area contributed by atoms with Crippen molar-refractivity contribution in [1.29, 1.82) is 0 Å². The summed E-state index contributed by atoms with van der Waals surface area (Å²) < 4.78 is 33.0. The van der Waals surface area contributed by atoms with Crippen LogP contribution in [0.4, 0.5) is 11.5 Å². The number of likely N-dealkylation sites (N-methyl/N-ethyl adjacent to an activating group) is 1. The lowest BCUT2D eigenvalue weighted by molar-refractivity contribution is 0.412. The summed E-state index contributed by atoms with van der Waals surface area (Å²) in [5.74, 6) is 1.59. The first-order valence-corrected chi connectivity index (χ1v) is 12.0. The van der Waals surface area contributed by atoms with Gasteiger partial charge in [-0.1, -0.05) is 0 Å². The van der Waals surface area contributed by atoms with Crippen molar-refractivity contribution in [2.45, 2.75) is 11.9 Å². The fourth-order valence-corrected chi connectivity index (χ4v) is 4.31. The lowest BCUT2D eigenvalue weighted by Gasteiger charge is -2.13. The number of hydrogen-bond acceptors (Lipinski definition) is 9. The molecule has 0 unspecified atom stereocenters. The summed E-state index contributed by atoms with van der Waals surface area (Å²) in [7, 11) is 1.60. The SMILES string of the molecule is COc1ccnc(S(=O)(=O)Nc2ccc(-c3nc(NCCN(C)C)c4c(C)n[nH]c4n3)cc2)c1. The Hall–Kier alpha value is -3.77. The summed E-state index contributed by atoms with van der Waals surface area (Å²) in [6.45, 7) is 3.45. The van der Waals surface area contributed by atoms with Crippen LogP contribution in [0.3, 0.4) is 0 Å². The predicted octanol–water partition coefficient (Wildman–Crippen LogP) is 2.51. The Labute approximate surface area is 197 Å². The average molecular weight is 483 g/mol. The van der Waals surface area contributed by atoms with Crippen molar-refractivity contribution in [3.05, 3.63) is 48.3 Å². The molecule has 34 heavy (non-hydrogen) atoms. The smallest absolute Gasteiger partial charge is 0.279 e. The van der Waals surface area contributed by atoms with Gasteiger partial charge in [-0.2, -0.15) is 13.5 Å². The molecule has 0 fully saturated rings. The van der Waals surface area contributed by atoms with Crippen LogP contribution < -0.4 is 14.8 Å². The molecular weight excluding hydrogens is 456 g/mol. The number of pyridine rings is 1. The number of rotatable bonds is 9. The van der Waals surface area contributed by atoms with Crippen LogP contribution in [0.25, 0.3) is 22.4 Å². The molecule has 0 bridgehead atoms. The Morgan fingerprint density at radius 1 is 1.12 bits per heavy atom. The Kier molecular flexibility index (Phi) is 6.61. The highest BCUT2D eigenvalue weighted by Gasteiger charge is 2.18. The topological polar surface area (TPSA) is 138 Å². The maximum atomic E-state index is 12.7. The van der Waals surface area contributed by atoms with Crippen LogP contribution in [0.15, 0.2) is 47.6 Å². The van der Waals surface area contributed by atoms with Crippen molar-refractivity contribution >= 4 is 32.6 Å². The van der Waals surface area contributed by atoms with Gasteiger partial charge in [-0.25, -0.2) is 15.0 Å². The molecule has 0 radical (unpaired) electrons. The van der Waals surface area contributed by atoms with Gasteiger partial charge in [-0.05, 0) is 51.4 Å². The quantitative estimate of drug-likeness (QED) is 0.328. The van der Waals surface area contributed by atoms with Crippen molar-refractivity contribution < 1.29 is 13.2 Å². The van der Waals surface area contributed by atoms with E-state index in [0.29, 0.717) is 35.3 Å². The number of H-pyrrole nitrogens is 1. The predicted molar refractivity (Wildman–Crippen MR) is 130 cm³/mol. The molecule has 0 aliphatic carbocycles. The molecule has 0 spiro atoms. The van der Waals surface area contributed by atoms with Crippen LogP contribution in [0.2, 0.25) is 0 Å². The summed E-state index contributed by atoms with van der Waals surface area (Å²) in [6.07, 6.45) is 1.38. The molecule has 4 aromatic rings. The van der Waals surface area contributed by atoms with Gasteiger partial charge in [-0.3, -0.25) is 9.82 Å². The third-order valence-electron chi connectivity index (χ3n) is 5.06. The van der Waals surface area contributed by atoms with E-state index in [0.717, 1.165) is 23.2 Å². The van der Waals surface area contributed by atoms with Gasteiger partial charge in [0.2, 0.25) is 0 Å². The van der Waals surface area contributed by atoms with E-state index in [1.54, 1.807) is 30.3 Å². The zero-order chi connectivity index (χ0) is 24.3. The summed E-state index contributed by atoms with van der Waals surface area (Å²) in [5, 5.41) is 11.3. The number of benzene rings is 1. The van der Waals surface area contributed by atoms with Crippen molar-refractivity contribution in [3.63, 3.8) is 0 Å². The first kappa shape index (κ1) is 23.4. The molecular formula is C22H26N8O3S. The Morgan fingerprint density at radius 3 is 2.59 bits per heavy atom. The van der Waals surface area contributed by atoms with Gasteiger partial charge in [-0.15, -0.1) is 0 Å². The number of nitrogens with one attached hydrogen (secondary N) is 3. The maximum Gasteiger partial charge on any atom is 0.279 e. The molecule has 1 aromatic carbocycles. The van der Waals surface area contributed by atoms with Gasteiger partial charge in [0.1, 0.15) is 11.6 Å². The van der Waals surface area contributed by atoms with Gasteiger partial charge in [0, 0.05) is 36.6 Å². The van der Waals surface area contributed by atoms with E-state index in [4.69, 9.17) is 9.72 Å². The third kappa shape index (κ3) is 5.07. The van der Waals surface area contributed by atoms with Crippen LogP contribution >= 0.6 is 0 Å². The lowest BCUT2D eigenvalue weighted by atomic mass is 10.2. The molecule has 0 aliphatic heterocycles. The van der Waals surface area contributed by atoms with Gasteiger partial charge in [0.15, 0.2) is 16.5 Å². The van der Waals surface area contributed by atoms with Crippen molar-refractivity contribution in [2.24, 2.45) is 0 Å². The monoisotopic (exact) mass is 482 g/mol. The van der Waals surface area contributed by atoms with Crippen LogP contribution in [-0.2, 0) is 10.0 Å². The van der Waals surface area contributed by atoms with Crippen molar-refractivity contribution in [2.75, 3.05) is 44.3 Å². The minimum absolute atomic E-state index is 0.132. The van der Waals surface area contributed by atoms with Gasteiger partial charge >= 0.3 is 0 Å². The normalized spacial score (nSPS) is 11.7. The second-order valence-corrected chi connectivity index (χ2v) is 9.50. The van der Waals surface area contributed by atoms with E-state index >= 15 is 0 Å². The first-order chi connectivity index (χ1) is 16.3. The van der Waals surface area contributed by atoms with Gasteiger partial charge < -0.3 is 15.0 Å². The van der Waals surface area contributed by atoms with Crippen molar-refractivity contribution in [1.82, 2.24) is 30.0 Å². The molecule has 0 saturated heterocycles. The highest BCUT2D eigenvalue weighted by molar-refractivity contribution is 7.92. The van der Waals surface area contributed by atoms with E-state index in [9.17, 15) is 8.42 Å². The fraction of sp³-hybridized carbons (Fsp3) is 0.273. The van der Waals surface area contributed by atoms with E-state index < -0.39 is 10.0 Å². The van der Waals surface area contributed by atoms with E-state index in [1.165, 1.54) is 19.4 Å². The molecule has 11 nitrogen and oxygen atoms in total. The maximum absolute atomic E-state index is 12.7. The highest BCUT2D eigenvalue weighted by atomic mass is 32.2. The van der Waals surface area contributed by atoms with Crippen LogP contribution in [-0.4, -0.2) is 72.8 Å². The minimum atomic E-state index is -3.87. The standard InChI is InChI=1S/C22H26N8O3S/c1-14-19-21(24-11-12-30(2)3)25-20(26-22(19)28-27-14)15-5-7-16(8-6-15)29-34(31,32)18-13-17(33-4)9-10-23-18/h5-10,13,29H,11-12H2,1-4H3,(H2,24,25,26,27,28). The second-order valence-electron chi connectivity index (χ2n) is 7.88. The summed E-state index contributed by atoms with van der Waals surface area (Å²) >= 11 is 0. The van der Waals surface area contributed by atoms with Gasteiger partial charge in [0.05, 0.1) is 18.2 Å². The van der Waals surface area contributed by atoms with E-state index in [-0.39, 0.29) is 5.03 Å². The molecule has 178 valence electrons. The Morgan fingerprint density at radius 2 is 1.88 bits per heavy atom. The number of fused-ring (bicyclic) bond motifs is 1. The molecule has 3 aromatic heterocycles. The van der Waals surface area contributed by atoms with E-state index in [1.807, 2.05) is 21.0 Å². The summed E-state index contributed by atoms with van der Waals surface area (Å²) in [6, 6.07) is 9.75. The number of methoxy groups -OCH3 is 1.